The van der Waals surface area contributed by atoms with Crippen LogP contribution in [0, 0.1) is 24.0 Å². The Morgan fingerprint density at radius 1 is 1.18 bits per heavy atom. The summed E-state index contributed by atoms with van der Waals surface area (Å²) in [6.07, 6.45) is 1.53. The Bertz CT molecular complexity index is 1070. The van der Waals surface area contributed by atoms with E-state index in [2.05, 4.69) is 10.3 Å². The first-order chi connectivity index (χ1) is 13.4. The zero-order valence-corrected chi connectivity index (χ0v) is 15.9. The first-order valence-electron chi connectivity index (χ1n) is 8.31. The van der Waals surface area contributed by atoms with Gasteiger partial charge in [-0.3, -0.25) is 14.9 Å². The lowest BCUT2D eigenvalue weighted by Gasteiger charge is -2.13. The SMILES string of the molecule is Cc1cccc(Oc2ncccc2NC(=O)c2ccc(Cl)cc2[N+](=O)[O-])c1C. The maximum absolute atomic E-state index is 12.6. The van der Waals surface area contributed by atoms with Gasteiger partial charge in [0.25, 0.3) is 11.6 Å². The zero-order chi connectivity index (χ0) is 20.3. The molecule has 2 aromatic carbocycles. The number of nitrogens with one attached hydrogen (secondary N) is 1. The van der Waals surface area contributed by atoms with Gasteiger partial charge in [-0.25, -0.2) is 4.98 Å². The molecule has 0 spiro atoms. The number of rotatable bonds is 5. The molecule has 1 N–H and O–H groups in total. The summed E-state index contributed by atoms with van der Waals surface area (Å²) in [5.41, 5.74) is 1.79. The number of anilines is 1. The van der Waals surface area contributed by atoms with Crippen molar-refractivity contribution in [1.29, 1.82) is 0 Å². The lowest BCUT2D eigenvalue weighted by Crippen LogP contribution is -2.14. The van der Waals surface area contributed by atoms with E-state index in [1.807, 2.05) is 26.0 Å². The number of hydrogen-bond donors (Lipinski definition) is 1. The van der Waals surface area contributed by atoms with Crippen molar-refractivity contribution in [3.63, 3.8) is 0 Å². The highest BCUT2D eigenvalue weighted by Gasteiger charge is 2.22. The Labute approximate surface area is 166 Å². The molecule has 1 amide bonds. The van der Waals surface area contributed by atoms with E-state index >= 15 is 0 Å². The Hall–Kier alpha value is -3.45. The molecule has 0 fully saturated rings. The number of benzene rings is 2. The number of halogens is 1. The minimum absolute atomic E-state index is 0.115. The number of carbonyl (C=O) groups excluding carboxylic acids is 1. The molecule has 142 valence electrons. The molecule has 0 saturated carbocycles. The van der Waals surface area contributed by atoms with E-state index < -0.39 is 10.8 Å². The second-order valence-electron chi connectivity index (χ2n) is 6.03. The quantitative estimate of drug-likeness (QED) is 0.465. The van der Waals surface area contributed by atoms with Gasteiger partial charge in [0.1, 0.15) is 17.0 Å². The first-order valence-corrected chi connectivity index (χ1v) is 8.69. The highest BCUT2D eigenvalue weighted by molar-refractivity contribution is 6.31. The third-order valence-electron chi connectivity index (χ3n) is 4.18. The van der Waals surface area contributed by atoms with Crippen LogP contribution < -0.4 is 10.1 Å². The van der Waals surface area contributed by atoms with E-state index in [1.165, 1.54) is 18.3 Å². The summed E-state index contributed by atoms with van der Waals surface area (Å²) in [7, 11) is 0. The second-order valence-corrected chi connectivity index (χ2v) is 6.47. The number of ether oxygens (including phenoxy) is 1. The minimum Gasteiger partial charge on any atom is -0.437 e. The number of aryl methyl sites for hydroxylation is 1. The highest BCUT2D eigenvalue weighted by atomic mass is 35.5. The van der Waals surface area contributed by atoms with E-state index in [0.29, 0.717) is 5.75 Å². The molecule has 1 heterocycles. The minimum atomic E-state index is -0.665. The molecule has 3 rings (SSSR count). The summed E-state index contributed by atoms with van der Waals surface area (Å²) >= 11 is 5.80. The van der Waals surface area contributed by atoms with Crippen molar-refractivity contribution < 1.29 is 14.5 Å². The van der Waals surface area contributed by atoms with Crippen molar-refractivity contribution in [2.45, 2.75) is 13.8 Å². The van der Waals surface area contributed by atoms with Crippen LogP contribution >= 0.6 is 11.6 Å². The van der Waals surface area contributed by atoms with Crippen LogP contribution in [0.4, 0.5) is 11.4 Å². The van der Waals surface area contributed by atoms with E-state index in [-0.39, 0.29) is 27.8 Å². The third-order valence-corrected chi connectivity index (χ3v) is 4.42. The molecular formula is C20H16ClN3O4. The lowest BCUT2D eigenvalue weighted by molar-refractivity contribution is -0.385. The maximum Gasteiger partial charge on any atom is 0.283 e. The molecule has 0 aliphatic rings. The zero-order valence-electron chi connectivity index (χ0n) is 15.1. The average molecular weight is 398 g/mol. The van der Waals surface area contributed by atoms with Crippen molar-refractivity contribution in [3.05, 3.63) is 86.6 Å². The molecule has 0 radical (unpaired) electrons. The summed E-state index contributed by atoms with van der Waals surface area (Å²) in [5, 5.41) is 14.0. The van der Waals surface area contributed by atoms with E-state index in [0.717, 1.165) is 17.2 Å². The van der Waals surface area contributed by atoms with Crippen LogP contribution in [-0.4, -0.2) is 15.8 Å². The summed E-state index contributed by atoms with van der Waals surface area (Å²) in [4.78, 5) is 27.4. The Balaban J connectivity index is 1.91. The Morgan fingerprint density at radius 2 is 1.96 bits per heavy atom. The standard InChI is InChI=1S/C20H16ClN3O4/c1-12-5-3-7-18(13(12)2)28-20-16(6-4-10-22-20)23-19(25)15-9-8-14(21)11-17(15)24(26)27/h3-11H,1-2H3,(H,23,25). The van der Waals surface area contributed by atoms with Gasteiger partial charge in [0.05, 0.1) is 4.92 Å². The summed E-state index contributed by atoms with van der Waals surface area (Å²) < 4.78 is 5.87. The number of nitro groups is 1. The van der Waals surface area contributed by atoms with E-state index in [4.69, 9.17) is 16.3 Å². The molecule has 0 atom stereocenters. The normalized spacial score (nSPS) is 10.4. The summed E-state index contributed by atoms with van der Waals surface area (Å²) in [6.45, 7) is 3.88. The van der Waals surface area contributed by atoms with Crippen LogP contribution in [0.1, 0.15) is 21.5 Å². The predicted molar refractivity (Wildman–Crippen MR) is 106 cm³/mol. The van der Waals surface area contributed by atoms with Crippen LogP contribution in [-0.2, 0) is 0 Å². The van der Waals surface area contributed by atoms with Crippen LogP contribution in [0.2, 0.25) is 5.02 Å². The molecule has 0 aliphatic carbocycles. The van der Waals surface area contributed by atoms with Crippen molar-refractivity contribution in [2.75, 3.05) is 5.32 Å². The molecule has 0 bridgehead atoms. The van der Waals surface area contributed by atoms with Crippen molar-refractivity contribution in [3.8, 4) is 11.6 Å². The highest BCUT2D eigenvalue weighted by Crippen LogP contribution is 2.31. The topological polar surface area (TPSA) is 94.4 Å². The molecule has 7 nitrogen and oxygen atoms in total. The van der Waals surface area contributed by atoms with Crippen molar-refractivity contribution in [2.24, 2.45) is 0 Å². The second kappa shape index (κ2) is 8.06. The average Bonchev–Trinajstić information content (AvgIpc) is 2.66. The lowest BCUT2D eigenvalue weighted by atomic mass is 10.1. The number of nitro benzene ring substituents is 1. The maximum atomic E-state index is 12.6. The number of nitrogens with zero attached hydrogens (tertiary/aromatic N) is 2. The fraction of sp³-hybridized carbons (Fsp3) is 0.100. The molecule has 28 heavy (non-hydrogen) atoms. The number of pyridine rings is 1. The van der Waals surface area contributed by atoms with Crippen molar-refractivity contribution in [1.82, 2.24) is 4.98 Å². The Morgan fingerprint density at radius 3 is 2.71 bits per heavy atom. The molecular weight excluding hydrogens is 382 g/mol. The molecule has 0 saturated heterocycles. The van der Waals surface area contributed by atoms with Crippen LogP contribution in [0.5, 0.6) is 11.6 Å². The number of amides is 1. The van der Waals surface area contributed by atoms with Gasteiger partial charge in [-0.2, -0.15) is 0 Å². The number of carbonyl (C=O) groups is 1. The third kappa shape index (κ3) is 4.10. The largest absolute Gasteiger partial charge is 0.437 e. The van der Waals surface area contributed by atoms with Gasteiger partial charge < -0.3 is 10.1 Å². The summed E-state index contributed by atoms with van der Waals surface area (Å²) in [5.74, 6) is 0.120. The molecule has 3 aromatic rings. The number of hydrogen-bond acceptors (Lipinski definition) is 5. The van der Waals surface area contributed by atoms with Gasteiger partial charge in [-0.15, -0.1) is 0 Å². The fourth-order valence-corrected chi connectivity index (χ4v) is 2.71. The van der Waals surface area contributed by atoms with Gasteiger partial charge in [0.2, 0.25) is 5.88 Å². The fourth-order valence-electron chi connectivity index (χ4n) is 2.54. The van der Waals surface area contributed by atoms with Gasteiger partial charge in [0, 0.05) is 17.3 Å². The molecule has 1 aromatic heterocycles. The molecule has 8 heteroatoms. The van der Waals surface area contributed by atoms with Crippen LogP contribution in [0.15, 0.2) is 54.7 Å². The van der Waals surface area contributed by atoms with Gasteiger partial charge in [-0.1, -0.05) is 23.7 Å². The summed E-state index contributed by atoms with van der Waals surface area (Å²) in [6, 6.07) is 12.7. The smallest absolute Gasteiger partial charge is 0.283 e. The number of aromatic nitrogens is 1. The van der Waals surface area contributed by atoms with E-state index in [1.54, 1.807) is 18.2 Å². The van der Waals surface area contributed by atoms with Crippen LogP contribution in [0.25, 0.3) is 0 Å². The molecule has 0 unspecified atom stereocenters. The van der Waals surface area contributed by atoms with Crippen molar-refractivity contribution >= 4 is 28.9 Å². The molecule has 0 aliphatic heterocycles. The Kier molecular flexibility index (Phi) is 5.56. The van der Waals surface area contributed by atoms with Gasteiger partial charge in [0.15, 0.2) is 0 Å². The van der Waals surface area contributed by atoms with Gasteiger partial charge in [-0.05, 0) is 55.3 Å². The predicted octanol–water partition coefficient (Wildman–Crippen LogP) is 5.30. The first kappa shape index (κ1) is 19.3. The van der Waals surface area contributed by atoms with Crippen LogP contribution in [0.3, 0.4) is 0 Å². The van der Waals surface area contributed by atoms with E-state index in [9.17, 15) is 14.9 Å². The monoisotopic (exact) mass is 397 g/mol. The van der Waals surface area contributed by atoms with Gasteiger partial charge >= 0.3 is 0 Å².